The van der Waals surface area contributed by atoms with Crippen LogP contribution in [0.4, 0.5) is 11.4 Å². The van der Waals surface area contributed by atoms with Gasteiger partial charge in [-0.2, -0.15) is 4.68 Å². The third-order valence-corrected chi connectivity index (χ3v) is 5.24. The zero-order valence-electron chi connectivity index (χ0n) is 16.0. The lowest BCUT2D eigenvalue weighted by atomic mass is 10.2. The SMILES string of the molecule is CCOc1ccccc1N=Nc1c(C)[nH]n(-c2ncc(-c3ccccc3)s2)c1=O. The molecular weight excluding hydrogens is 386 g/mol. The molecule has 0 radical (unpaired) electrons. The van der Waals surface area contributed by atoms with Crippen LogP contribution in [0.15, 0.2) is 75.8 Å². The molecule has 0 aliphatic heterocycles. The number of ether oxygens (including phenoxy) is 1. The number of azo groups is 1. The molecule has 0 atom stereocenters. The van der Waals surface area contributed by atoms with E-state index in [0.717, 1.165) is 10.4 Å². The van der Waals surface area contributed by atoms with Crippen LogP contribution >= 0.6 is 11.3 Å². The van der Waals surface area contributed by atoms with Crippen LogP contribution in [0.1, 0.15) is 12.6 Å². The molecule has 7 nitrogen and oxygen atoms in total. The lowest BCUT2D eigenvalue weighted by Crippen LogP contribution is -2.13. The van der Waals surface area contributed by atoms with Gasteiger partial charge in [-0.3, -0.25) is 9.89 Å². The molecule has 0 amide bonds. The highest BCUT2D eigenvalue weighted by atomic mass is 32.1. The summed E-state index contributed by atoms with van der Waals surface area (Å²) in [5.74, 6) is 0.625. The van der Waals surface area contributed by atoms with E-state index in [1.54, 1.807) is 19.2 Å². The Morgan fingerprint density at radius 3 is 2.66 bits per heavy atom. The summed E-state index contributed by atoms with van der Waals surface area (Å²) in [6.07, 6.45) is 1.76. The molecule has 4 rings (SSSR count). The highest BCUT2D eigenvalue weighted by molar-refractivity contribution is 7.17. The first-order chi connectivity index (χ1) is 14.2. The van der Waals surface area contributed by atoms with Crippen LogP contribution in [-0.4, -0.2) is 21.4 Å². The molecule has 2 heterocycles. The molecule has 29 heavy (non-hydrogen) atoms. The van der Waals surface area contributed by atoms with Crippen LogP contribution < -0.4 is 10.3 Å². The van der Waals surface area contributed by atoms with E-state index in [1.165, 1.54) is 16.0 Å². The van der Waals surface area contributed by atoms with Gasteiger partial charge >= 0.3 is 5.56 Å². The van der Waals surface area contributed by atoms with Gasteiger partial charge in [0.1, 0.15) is 11.4 Å². The molecular formula is C21H19N5O2S. The number of hydrogen-bond acceptors (Lipinski definition) is 6. The highest BCUT2D eigenvalue weighted by Gasteiger charge is 2.15. The predicted octanol–water partition coefficient (Wildman–Crippen LogP) is 5.41. The molecule has 0 spiro atoms. The third-order valence-electron chi connectivity index (χ3n) is 4.21. The fraction of sp³-hybridized carbons (Fsp3) is 0.143. The Kier molecular flexibility index (Phi) is 5.35. The second kappa shape index (κ2) is 8.24. The van der Waals surface area contributed by atoms with Crippen molar-refractivity contribution in [1.82, 2.24) is 14.8 Å². The van der Waals surface area contributed by atoms with E-state index >= 15 is 0 Å². The maximum Gasteiger partial charge on any atom is 0.301 e. The lowest BCUT2D eigenvalue weighted by molar-refractivity contribution is 0.341. The molecule has 1 N–H and O–H groups in total. The minimum absolute atomic E-state index is 0.243. The molecule has 0 saturated carbocycles. The second-order valence-corrected chi connectivity index (χ2v) is 7.21. The molecule has 0 fully saturated rings. The van der Waals surface area contributed by atoms with E-state index in [0.29, 0.717) is 28.9 Å². The van der Waals surface area contributed by atoms with Gasteiger partial charge in [-0.05, 0) is 31.5 Å². The Bertz CT molecular complexity index is 1210. The molecule has 0 saturated heterocycles. The summed E-state index contributed by atoms with van der Waals surface area (Å²) in [5.41, 5.74) is 2.19. The van der Waals surface area contributed by atoms with Crippen molar-refractivity contribution in [2.24, 2.45) is 10.2 Å². The Balaban J connectivity index is 1.66. The number of aromatic nitrogens is 3. The summed E-state index contributed by atoms with van der Waals surface area (Å²) in [5, 5.41) is 12.0. The Morgan fingerprint density at radius 1 is 1.10 bits per heavy atom. The summed E-state index contributed by atoms with van der Waals surface area (Å²) in [6, 6.07) is 17.3. The van der Waals surface area contributed by atoms with Crippen LogP contribution in [0.2, 0.25) is 0 Å². The first-order valence-corrected chi connectivity index (χ1v) is 9.96. The van der Waals surface area contributed by atoms with Crippen LogP contribution in [0.5, 0.6) is 5.75 Å². The van der Waals surface area contributed by atoms with Crippen molar-refractivity contribution < 1.29 is 4.74 Å². The van der Waals surface area contributed by atoms with Crippen LogP contribution in [0.3, 0.4) is 0 Å². The lowest BCUT2D eigenvalue weighted by Gasteiger charge is -2.04. The maximum absolute atomic E-state index is 12.9. The van der Waals surface area contributed by atoms with E-state index < -0.39 is 0 Å². The van der Waals surface area contributed by atoms with Crippen molar-refractivity contribution in [2.45, 2.75) is 13.8 Å². The summed E-state index contributed by atoms with van der Waals surface area (Å²) in [6.45, 7) is 4.21. The third kappa shape index (κ3) is 3.88. The molecule has 2 aromatic carbocycles. The number of aromatic amines is 1. The van der Waals surface area contributed by atoms with E-state index in [9.17, 15) is 4.79 Å². The topological polar surface area (TPSA) is 84.6 Å². The van der Waals surface area contributed by atoms with Gasteiger partial charge in [0, 0.05) is 6.20 Å². The Morgan fingerprint density at radius 2 is 1.86 bits per heavy atom. The van der Waals surface area contributed by atoms with Gasteiger partial charge in [-0.25, -0.2) is 4.98 Å². The average molecular weight is 405 g/mol. The van der Waals surface area contributed by atoms with Gasteiger partial charge in [0.25, 0.3) is 0 Å². The monoisotopic (exact) mass is 405 g/mol. The number of aryl methyl sites for hydroxylation is 1. The summed E-state index contributed by atoms with van der Waals surface area (Å²) >= 11 is 1.43. The van der Waals surface area contributed by atoms with E-state index in [1.807, 2.05) is 55.5 Å². The first kappa shape index (κ1) is 18.8. The van der Waals surface area contributed by atoms with Crippen LogP contribution in [0.25, 0.3) is 15.6 Å². The normalized spacial score (nSPS) is 11.2. The quantitative estimate of drug-likeness (QED) is 0.435. The van der Waals surface area contributed by atoms with Crippen molar-refractivity contribution in [3.63, 3.8) is 0 Å². The number of para-hydroxylation sites is 1. The van der Waals surface area contributed by atoms with Gasteiger partial charge in [0.05, 0.1) is 17.2 Å². The number of hydrogen-bond donors (Lipinski definition) is 1. The zero-order chi connectivity index (χ0) is 20.2. The van der Waals surface area contributed by atoms with Gasteiger partial charge in [0.15, 0.2) is 5.69 Å². The Labute approximate surface area is 171 Å². The van der Waals surface area contributed by atoms with Gasteiger partial charge in [0.2, 0.25) is 5.13 Å². The number of benzene rings is 2. The molecule has 0 aliphatic rings. The van der Waals surface area contributed by atoms with Gasteiger partial charge in [-0.1, -0.05) is 53.8 Å². The molecule has 8 heteroatoms. The summed E-state index contributed by atoms with van der Waals surface area (Å²) in [7, 11) is 0. The highest BCUT2D eigenvalue weighted by Crippen LogP contribution is 2.30. The van der Waals surface area contributed by atoms with Crippen LogP contribution in [-0.2, 0) is 0 Å². The minimum Gasteiger partial charge on any atom is -0.492 e. The molecule has 146 valence electrons. The number of nitrogens with one attached hydrogen (secondary N) is 1. The Hall–Kier alpha value is -3.52. The standard InChI is InChI=1S/C21H19N5O2S/c1-3-28-17-12-8-7-11-16(17)23-24-19-14(2)25-26(20(19)27)21-22-13-18(29-21)15-9-5-4-6-10-15/h4-13,25H,3H2,1-2H3. The van der Waals surface area contributed by atoms with Crippen molar-refractivity contribution in [3.05, 3.63) is 76.8 Å². The average Bonchev–Trinajstić information content (AvgIpc) is 3.33. The second-order valence-electron chi connectivity index (χ2n) is 6.20. The number of rotatable bonds is 6. The van der Waals surface area contributed by atoms with Crippen molar-refractivity contribution in [3.8, 4) is 21.3 Å². The zero-order valence-corrected chi connectivity index (χ0v) is 16.8. The molecule has 2 aromatic heterocycles. The number of H-pyrrole nitrogens is 1. The predicted molar refractivity (Wildman–Crippen MR) is 114 cm³/mol. The smallest absolute Gasteiger partial charge is 0.301 e. The van der Waals surface area contributed by atoms with Crippen LogP contribution in [0, 0.1) is 6.92 Å². The van der Waals surface area contributed by atoms with Gasteiger partial charge in [-0.15, -0.1) is 10.2 Å². The number of nitrogens with zero attached hydrogens (tertiary/aromatic N) is 4. The summed E-state index contributed by atoms with van der Waals surface area (Å²) in [4.78, 5) is 18.3. The van der Waals surface area contributed by atoms with Crippen molar-refractivity contribution in [2.75, 3.05) is 6.61 Å². The van der Waals surface area contributed by atoms with E-state index in [4.69, 9.17) is 4.74 Å². The first-order valence-electron chi connectivity index (χ1n) is 9.14. The molecule has 0 unspecified atom stereocenters. The summed E-state index contributed by atoms with van der Waals surface area (Å²) < 4.78 is 6.95. The largest absolute Gasteiger partial charge is 0.492 e. The van der Waals surface area contributed by atoms with E-state index in [-0.39, 0.29) is 11.2 Å². The van der Waals surface area contributed by atoms with Crippen molar-refractivity contribution >= 4 is 22.7 Å². The number of thiazole rings is 1. The van der Waals surface area contributed by atoms with E-state index in [2.05, 4.69) is 20.3 Å². The fourth-order valence-electron chi connectivity index (χ4n) is 2.82. The minimum atomic E-state index is -0.297. The maximum atomic E-state index is 12.9. The molecule has 4 aromatic rings. The fourth-order valence-corrected chi connectivity index (χ4v) is 3.70. The van der Waals surface area contributed by atoms with Gasteiger partial charge < -0.3 is 4.74 Å². The molecule has 0 bridgehead atoms. The molecule has 0 aliphatic carbocycles. The van der Waals surface area contributed by atoms with Crippen molar-refractivity contribution in [1.29, 1.82) is 0 Å².